The molecule has 94 valence electrons. The van der Waals surface area contributed by atoms with E-state index in [4.69, 9.17) is 9.47 Å². The molecule has 4 heteroatoms. The highest BCUT2D eigenvalue weighted by atomic mass is 16.5. The van der Waals surface area contributed by atoms with Crippen LogP contribution in [0.25, 0.3) is 0 Å². The fraction of sp³-hybridized carbons (Fsp3) is 0.615. The zero-order valence-electron chi connectivity index (χ0n) is 10.5. The fourth-order valence-electron chi connectivity index (χ4n) is 2.52. The second kappa shape index (κ2) is 5.36. The molecular formula is C13H19NO3. The van der Waals surface area contributed by atoms with Gasteiger partial charge in [-0.25, -0.2) is 4.79 Å². The third kappa shape index (κ3) is 2.36. The Morgan fingerprint density at radius 3 is 2.71 bits per heavy atom. The topological polar surface area (TPSA) is 51.3 Å². The van der Waals surface area contributed by atoms with Crippen molar-refractivity contribution >= 4 is 5.97 Å². The summed E-state index contributed by atoms with van der Waals surface area (Å²) in [6.45, 7) is 0.428. The molecule has 0 unspecified atom stereocenters. The Labute approximate surface area is 101 Å². The van der Waals surface area contributed by atoms with Crippen LogP contribution in [-0.2, 0) is 28.9 Å². The van der Waals surface area contributed by atoms with Gasteiger partial charge in [-0.2, -0.15) is 0 Å². The van der Waals surface area contributed by atoms with Gasteiger partial charge in [0.05, 0.1) is 25.0 Å². The lowest BCUT2D eigenvalue weighted by molar-refractivity contribution is 0.0594. The molecule has 1 aliphatic rings. The van der Waals surface area contributed by atoms with Crippen LogP contribution in [0.1, 0.15) is 46.6 Å². The summed E-state index contributed by atoms with van der Waals surface area (Å²) in [5.41, 5.74) is 3.88. The molecule has 0 saturated heterocycles. The number of ether oxygens (including phenoxy) is 2. The molecule has 0 atom stereocenters. The second-order valence-electron chi connectivity index (χ2n) is 4.42. The average Bonchev–Trinajstić information content (AvgIpc) is 2.52. The number of nitrogens with one attached hydrogen (secondary N) is 1. The smallest absolute Gasteiger partial charge is 0.340 e. The highest BCUT2D eigenvalue weighted by Crippen LogP contribution is 2.27. The summed E-state index contributed by atoms with van der Waals surface area (Å²) in [6, 6.07) is 0. The number of carbonyl (C=O) groups is 1. The molecule has 0 saturated carbocycles. The van der Waals surface area contributed by atoms with Crippen LogP contribution >= 0.6 is 0 Å². The first-order chi connectivity index (χ1) is 8.27. The van der Waals surface area contributed by atoms with Gasteiger partial charge in [-0.3, -0.25) is 0 Å². The number of carbonyl (C=O) groups excluding carboxylic acids is 1. The average molecular weight is 237 g/mol. The van der Waals surface area contributed by atoms with Crippen molar-refractivity contribution in [2.75, 3.05) is 14.2 Å². The molecule has 1 aromatic heterocycles. The van der Waals surface area contributed by atoms with Gasteiger partial charge < -0.3 is 14.5 Å². The van der Waals surface area contributed by atoms with Crippen molar-refractivity contribution in [1.29, 1.82) is 0 Å². The minimum atomic E-state index is -0.253. The van der Waals surface area contributed by atoms with Crippen molar-refractivity contribution < 1.29 is 14.3 Å². The third-order valence-corrected chi connectivity index (χ3v) is 3.30. The molecule has 1 N–H and O–H groups in total. The van der Waals surface area contributed by atoms with Gasteiger partial charge in [-0.15, -0.1) is 0 Å². The molecule has 2 rings (SSSR count). The lowest BCUT2D eigenvalue weighted by Crippen LogP contribution is -2.07. The van der Waals surface area contributed by atoms with Gasteiger partial charge in [0.2, 0.25) is 0 Å². The van der Waals surface area contributed by atoms with Crippen molar-refractivity contribution in [3.05, 3.63) is 22.5 Å². The Kier molecular flexibility index (Phi) is 3.84. The minimum Gasteiger partial charge on any atom is -0.465 e. The number of hydrogen-bond acceptors (Lipinski definition) is 3. The van der Waals surface area contributed by atoms with Gasteiger partial charge in [0.15, 0.2) is 0 Å². The second-order valence-corrected chi connectivity index (χ2v) is 4.42. The zero-order valence-corrected chi connectivity index (χ0v) is 10.5. The quantitative estimate of drug-likeness (QED) is 0.647. The molecule has 1 heterocycles. The predicted octanol–water partition coefficient (Wildman–Crippen LogP) is 2.22. The SMILES string of the molecule is COCc1[nH]c2c(c1C(=O)OC)CCCCC2. The molecule has 0 aliphatic heterocycles. The summed E-state index contributed by atoms with van der Waals surface area (Å²) in [6.07, 6.45) is 5.52. The Hall–Kier alpha value is -1.29. The van der Waals surface area contributed by atoms with Crippen molar-refractivity contribution in [1.82, 2.24) is 4.98 Å². The molecule has 0 amide bonds. The van der Waals surface area contributed by atoms with E-state index in [2.05, 4.69) is 4.98 Å². The molecular weight excluding hydrogens is 218 g/mol. The van der Waals surface area contributed by atoms with Crippen LogP contribution in [0.5, 0.6) is 0 Å². The number of aryl methyl sites for hydroxylation is 1. The van der Waals surface area contributed by atoms with E-state index in [-0.39, 0.29) is 5.97 Å². The third-order valence-electron chi connectivity index (χ3n) is 3.30. The highest BCUT2D eigenvalue weighted by Gasteiger charge is 2.24. The molecule has 0 aromatic carbocycles. The van der Waals surface area contributed by atoms with Crippen molar-refractivity contribution in [2.45, 2.75) is 38.7 Å². The maximum Gasteiger partial charge on any atom is 0.340 e. The highest BCUT2D eigenvalue weighted by molar-refractivity contribution is 5.93. The summed E-state index contributed by atoms with van der Waals surface area (Å²) in [5, 5.41) is 0. The fourth-order valence-corrected chi connectivity index (χ4v) is 2.52. The Morgan fingerprint density at radius 1 is 1.24 bits per heavy atom. The largest absolute Gasteiger partial charge is 0.465 e. The number of H-pyrrole nitrogens is 1. The first-order valence-electron chi connectivity index (χ1n) is 6.07. The summed E-state index contributed by atoms with van der Waals surface area (Å²) < 4.78 is 10.0. The van der Waals surface area contributed by atoms with Gasteiger partial charge in [0.1, 0.15) is 0 Å². The summed E-state index contributed by atoms with van der Waals surface area (Å²) in [7, 11) is 3.06. The summed E-state index contributed by atoms with van der Waals surface area (Å²) >= 11 is 0. The summed E-state index contributed by atoms with van der Waals surface area (Å²) in [5.74, 6) is -0.253. The van der Waals surface area contributed by atoms with E-state index < -0.39 is 0 Å². The van der Waals surface area contributed by atoms with E-state index in [9.17, 15) is 4.79 Å². The maximum atomic E-state index is 11.9. The lowest BCUT2D eigenvalue weighted by Gasteiger charge is -2.04. The van der Waals surface area contributed by atoms with Crippen molar-refractivity contribution in [3.8, 4) is 0 Å². The number of rotatable bonds is 3. The minimum absolute atomic E-state index is 0.253. The number of hydrogen-bond donors (Lipinski definition) is 1. The number of aromatic nitrogens is 1. The first kappa shape index (κ1) is 12.2. The van der Waals surface area contributed by atoms with E-state index >= 15 is 0 Å². The standard InChI is InChI=1S/C13H19NO3/c1-16-8-11-12(13(15)17-2)9-6-4-3-5-7-10(9)14-11/h14H,3-8H2,1-2H3. The number of aromatic amines is 1. The van der Waals surface area contributed by atoms with Crippen LogP contribution in [0.15, 0.2) is 0 Å². The predicted molar refractivity (Wildman–Crippen MR) is 64.1 cm³/mol. The van der Waals surface area contributed by atoms with E-state index in [0.29, 0.717) is 12.2 Å². The van der Waals surface area contributed by atoms with Crippen LogP contribution in [0, 0.1) is 0 Å². The van der Waals surface area contributed by atoms with Gasteiger partial charge in [0.25, 0.3) is 0 Å². The maximum absolute atomic E-state index is 11.9. The normalized spacial score (nSPS) is 15.2. The van der Waals surface area contributed by atoms with E-state index in [0.717, 1.165) is 30.5 Å². The Morgan fingerprint density at radius 2 is 2.00 bits per heavy atom. The van der Waals surface area contributed by atoms with Crippen LogP contribution in [0.4, 0.5) is 0 Å². The van der Waals surface area contributed by atoms with Crippen molar-refractivity contribution in [2.24, 2.45) is 0 Å². The molecule has 4 nitrogen and oxygen atoms in total. The van der Waals surface area contributed by atoms with Gasteiger partial charge in [0, 0.05) is 12.8 Å². The molecule has 1 aliphatic carbocycles. The first-order valence-corrected chi connectivity index (χ1v) is 6.07. The number of fused-ring (bicyclic) bond motifs is 1. The van der Waals surface area contributed by atoms with Gasteiger partial charge in [-0.05, 0) is 31.2 Å². The Bertz CT molecular complexity index is 409. The number of esters is 1. The van der Waals surface area contributed by atoms with Crippen LogP contribution < -0.4 is 0 Å². The van der Waals surface area contributed by atoms with Crippen LogP contribution in [-0.4, -0.2) is 25.2 Å². The molecule has 0 fully saturated rings. The van der Waals surface area contributed by atoms with Gasteiger partial charge in [-0.1, -0.05) is 6.42 Å². The van der Waals surface area contributed by atoms with E-state index in [1.807, 2.05) is 0 Å². The monoisotopic (exact) mass is 237 g/mol. The molecule has 0 bridgehead atoms. The van der Waals surface area contributed by atoms with Crippen LogP contribution in [0.2, 0.25) is 0 Å². The van der Waals surface area contributed by atoms with E-state index in [1.165, 1.54) is 25.6 Å². The van der Waals surface area contributed by atoms with Crippen LogP contribution in [0.3, 0.4) is 0 Å². The number of methoxy groups -OCH3 is 2. The van der Waals surface area contributed by atoms with E-state index in [1.54, 1.807) is 7.11 Å². The molecule has 0 spiro atoms. The lowest BCUT2D eigenvalue weighted by atomic mass is 10.0. The molecule has 0 radical (unpaired) electrons. The molecule has 17 heavy (non-hydrogen) atoms. The van der Waals surface area contributed by atoms with Crippen molar-refractivity contribution in [3.63, 3.8) is 0 Å². The Balaban J connectivity index is 2.43. The molecule has 1 aromatic rings. The van der Waals surface area contributed by atoms with Gasteiger partial charge >= 0.3 is 5.97 Å². The zero-order chi connectivity index (χ0) is 12.3. The summed E-state index contributed by atoms with van der Waals surface area (Å²) in [4.78, 5) is 15.2.